The summed E-state index contributed by atoms with van der Waals surface area (Å²) in [6.07, 6.45) is 0. The Morgan fingerprint density at radius 1 is 1.33 bits per heavy atom. The van der Waals surface area contributed by atoms with Gasteiger partial charge in [-0.1, -0.05) is 17.7 Å². The molecule has 0 spiro atoms. The predicted octanol–water partition coefficient (Wildman–Crippen LogP) is 1.17. The number of hydrogen-bond donors (Lipinski definition) is 3. The molecule has 5 nitrogen and oxygen atoms in total. The summed E-state index contributed by atoms with van der Waals surface area (Å²) in [5, 5.41) is 14.3. The van der Waals surface area contributed by atoms with Gasteiger partial charge in [-0.25, -0.2) is 0 Å². The Balaban J connectivity index is 2.63. The van der Waals surface area contributed by atoms with E-state index in [2.05, 4.69) is 10.6 Å². The van der Waals surface area contributed by atoms with Crippen LogP contribution in [0.2, 0.25) is 5.02 Å². The maximum atomic E-state index is 11.6. The second-order valence-corrected chi connectivity index (χ2v) is 4.90. The Kier molecular flexibility index (Phi) is 4.69. The Labute approximate surface area is 110 Å². The Hall–Kier alpha value is -1.59. The number of anilines is 1. The number of amides is 2. The number of carbonyl (C=O) groups excluding carboxylic acids is 2. The van der Waals surface area contributed by atoms with Crippen molar-refractivity contribution in [1.29, 1.82) is 0 Å². The van der Waals surface area contributed by atoms with Crippen LogP contribution in [0.3, 0.4) is 0 Å². The normalized spacial score (nSPS) is 10.9. The zero-order valence-electron chi connectivity index (χ0n) is 10.2. The summed E-state index contributed by atoms with van der Waals surface area (Å²) in [6.45, 7) is 2.96. The van der Waals surface area contributed by atoms with E-state index in [-0.39, 0.29) is 6.61 Å². The van der Waals surface area contributed by atoms with Crippen LogP contribution in [0, 0.1) is 0 Å². The van der Waals surface area contributed by atoms with E-state index in [1.54, 1.807) is 32.0 Å². The van der Waals surface area contributed by atoms with Gasteiger partial charge in [0, 0.05) is 10.7 Å². The van der Waals surface area contributed by atoms with Gasteiger partial charge in [-0.3, -0.25) is 9.59 Å². The van der Waals surface area contributed by atoms with Crippen LogP contribution >= 0.6 is 11.6 Å². The van der Waals surface area contributed by atoms with Crippen molar-refractivity contribution in [3.63, 3.8) is 0 Å². The van der Waals surface area contributed by atoms with Crippen LogP contribution in [0.1, 0.15) is 13.8 Å². The van der Waals surface area contributed by atoms with E-state index in [0.29, 0.717) is 10.7 Å². The first-order valence-electron chi connectivity index (χ1n) is 5.34. The molecule has 6 heteroatoms. The monoisotopic (exact) mass is 270 g/mol. The molecule has 0 atom stereocenters. The van der Waals surface area contributed by atoms with Crippen molar-refractivity contribution < 1.29 is 14.7 Å². The highest BCUT2D eigenvalue weighted by molar-refractivity contribution is 6.40. The van der Waals surface area contributed by atoms with E-state index in [1.807, 2.05) is 0 Å². The molecule has 0 aliphatic rings. The van der Waals surface area contributed by atoms with Crippen LogP contribution in [0.5, 0.6) is 0 Å². The number of halogens is 1. The molecule has 0 unspecified atom stereocenters. The molecule has 1 rings (SSSR count). The van der Waals surface area contributed by atoms with Gasteiger partial charge in [-0.05, 0) is 32.0 Å². The SMILES string of the molecule is CC(C)(CO)NC(=O)C(=O)Nc1cccc(Cl)c1. The van der Waals surface area contributed by atoms with Crippen molar-refractivity contribution >= 4 is 29.1 Å². The van der Waals surface area contributed by atoms with Crippen LogP contribution in [-0.2, 0) is 9.59 Å². The van der Waals surface area contributed by atoms with Crippen LogP contribution in [-0.4, -0.2) is 29.1 Å². The van der Waals surface area contributed by atoms with E-state index in [0.717, 1.165) is 0 Å². The van der Waals surface area contributed by atoms with Crippen molar-refractivity contribution in [1.82, 2.24) is 5.32 Å². The molecule has 1 aromatic carbocycles. The fourth-order valence-electron chi connectivity index (χ4n) is 1.16. The zero-order chi connectivity index (χ0) is 13.8. The molecule has 3 N–H and O–H groups in total. The smallest absolute Gasteiger partial charge is 0.313 e. The molecule has 1 aromatic rings. The van der Waals surface area contributed by atoms with Gasteiger partial charge in [0.15, 0.2) is 0 Å². The second-order valence-electron chi connectivity index (χ2n) is 4.46. The third-order valence-corrected chi connectivity index (χ3v) is 2.37. The number of benzene rings is 1. The van der Waals surface area contributed by atoms with Gasteiger partial charge in [0.25, 0.3) is 0 Å². The second kappa shape index (κ2) is 5.84. The third kappa shape index (κ3) is 4.35. The van der Waals surface area contributed by atoms with Crippen molar-refractivity contribution in [3.05, 3.63) is 29.3 Å². The molecule has 18 heavy (non-hydrogen) atoms. The van der Waals surface area contributed by atoms with Gasteiger partial charge in [-0.2, -0.15) is 0 Å². The Morgan fingerprint density at radius 2 is 2.00 bits per heavy atom. The number of hydrogen-bond acceptors (Lipinski definition) is 3. The molecule has 0 heterocycles. The average Bonchev–Trinajstić information content (AvgIpc) is 2.28. The van der Waals surface area contributed by atoms with E-state index >= 15 is 0 Å². The molecule has 2 amide bonds. The molecular formula is C12H15ClN2O3. The zero-order valence-corrected chi connectivity index (χ0v) is 10.9. The lowest BCUT2D eigenvalue weighted by molar-refractivity contribution is -0.137. The lowest BCUT2D eigenvalue weighted by Gasteiger charge is -2.22. The lowest BCUT2D eigenvalue weighted by Crippen LogP contribution is -2.50. The number of aliphatic hydroxyl groups excluding tert-OH is 1. The Morgan fingerprint density at radius 3 is 2.56 bits per heavy atom. The number of carbonyl (C=O) groups is 2. The lowest BCUT2D eigenvalue weighted by atomic mass is 10.1. The number of aliphatic hydroxyl groups is 1. The first kappa shape index (κ1) is 14.5. The summed E-state index contributed by atoms with van der Waals surface area (Å²) >= 11 is 5.75. The largest absolute Gasteiger partial charge is 0.394 e. The van der Waals surface area contributed by atoms with Crippen LogP contribution in [0.15, 0.2) is 24.3 Å². The summed E-state index contributed by atoms with van der Waals surface area (Å²) in [4.78, 5) is 23.1. The standard InChI is InChI=1S/C12H15ClN2O3/c1-12(2,7-16)15-11(18)10(17)14-9-5-3-4-8(13)6-9/h3-6,16H,7H2,1-2H3,(H,14,17)(H,15,18). The first-order chi connectivity index (χ1) is 8.34. The molecule has 0 aliphatic heterocycles. The Bertz CT molecular complexity index is 460. The first-order valence-corrected chi connectivity index (χ1v) is 5.72. The topological polar surface area (TPSA) is 78.4 Å². The highest BCUT2D eigenvalue weighted by Crippen LogP contribution is 2.14. The van der Waals surface area contributed by atoms with Crippen LogP contribution in [0.25, 0.3) is 0 Å². The molecule has 98 valence electrons. The van der Waals surface area contributed by atoms with Crippen molar-refractivity contribution in [2.24, 2.45) is 0 Å². The summed E-state index contributed by atoms with van der Waals surface area (Å²) in [7, 11) is 0. The minimum atomic E-state index is -0.844. The van der Waals surface area contributed by atoms with E-state index in [1.165, 1.54) is 6.07 Å². The minimum Gasteiger partial charge on any atom is -0.394 e. The predicted molar refractivity (Wildman–Crippen MR) is 69.4 cm³/mol. The van der Waals surface area contributed by atoms with E-state index in [9.17, 15) is 9.59 Å². The van der Waals surface area contributed by atoms with Crippen LogP contribution in [0.4, 0.5) is 5.69 Å². The molecule has 0 fully saturated rings. The van der Waals surface area contributed by atoms with Gasteiger partial charge >= 0.3 is 11.8 Å². The van der Waals surface area contributed by atoms with Crippen molar-refractivity contribution in [2.75, 3.05) is 11.9 Å². The van der Waals surface area contributed by atoms with Gasteiger partial charge in [-0.15, -0.1) is 0 Å². The fourth-order valence-corrected chi connectivity index (χ4v) is 1.35. The minimum absolute atomic E-state index is 0.261. The maximum absolute atomic E-state index is 11.6. The van der Waals surface area contributed by atoms with Crippen molar-refractivity contribution in [3.8, 4) is 0 Å². The summed E-state index contributed by atoms with van der Waals surface area (Å²) < 4.78 is 0. The molecule has 0 bridgehead atoms. The van der Waals surface area contributed by atoms with Gasteiger partial charge in [0.05, 0.1) is 12.1 Å². The van der Waals surface area contributed by atoms with E-state index in [4.69, 9.17) is 16.7 Å². The van der Waals surface area contributed by atoms with Gasteiger partial charge < -0.3 is 15.7 Å². The highest BCUT2D eigenvalue weighted by atomic mass is 35.5. The summed E-state index contributed by atoms with van der Waals surface area (Å²) in [6, 6.07) is 6.47. The molecule has 0 aromatic heterocycles. The summed E-state index contributed by atoms with van der Waals surface area (Å²) in [5.41, 5.74) is -0.410. The molecular weight excluding hydrogens is 256 g/mol. The van der Waals surface area contributed by atoms with Gasteiger partial charge in [0.2, 0.25) is 0 Å². The summed E-state index contributed by atoms with van der Waals surface area (Å²) in [5.74, 6) is -1.62. The van der Waals surface area contributed by atoms with E-state index < -0.39 is 17.4 Å². The molecule has 0 aliphatic carbocycles. The van der Waals surface area contributed by atoms with Gasteiger partial charge in [0.1, 0.15) is 0 Å². The number of nitrogens with one attached hydrogen (secondary N) is 2. The third-order valence-electron chi connectivity index (χ3n) is 2.14. The molecule has 0 radical (unpaired) electrons. The average molecular weight is 271 g/mol. The van der Waals surface area contributed by atoms with Crippen molar-refractivity contribution in [2.45, 2.75) is 19.4 Å². The molecule has 0 saturated carbocycles. The number of rotatable bonds is 3. The fraction of sp³-hybridized carbons (Fsp3) is 0.333. The maximum Gasteiger partial charge on any atom is 0.313 e. The quantitative estimate of drug-likeness (QED) is 0.722. The van der Waals surface area contributed by atoms with Crippen LogP contribution < -0.4 is 10.6 Å². The highest BCUT2D eigenvalue weighted by Gasteiger charge is 2.23. The molecule has 0 saturated heterocycles.